The third kappa shape index (κ3) is 3.92. The highest BCUT2D eigenvalue weighted by molar-refractivity contribution is 9.10. The molecule has 0 saturated heterocycles. The van der Waals surface area contributed by atoms with Gasteiger partial charge >= 0.3 is 0 Å². The summed E-state index contributed by atoms with van der Waals surface area (Å²) < 4.78 is 0.911. The molecule has 16 heavy (non-hydrogen) atoms. The van der Waals surface area contributed by atoms with Crippen LogP contribution in [0.2, 0.25) is 5.02 Å². The predicted molar refractivity (Wildman–Crippen MR) is 73.1 cm³/mol. The molecular weight excluding hydrogens is 289 g/mol. The first-order valence-corrected chi connectivity index (χ1v) is 6.47. The van der Waals surface area contributed by atoms with E-state index < -0.39 is 0 Å². The van der Waals surface area contributed by atoms with Crippen LogP contribution in [0, 0.1) is 5.92 Å². The lowest BCUT2D eigenvalue weighted by Crippen LogP contribution is -2.33. The topological polar surface area (TPSA) is 42.1 Å². The van der Waals surface area contributed by atoms with Gasteiger partial charge in [0.15, 0.2) is 0 Å². The Balaban J connectivity index is 2.91. The lowest BCUT2D eigenvalue weighted by Gasteiger charge is -2.25. The molecule has 0 atom stereocenters. The van der Waals surface area contributed by atoms with Crippen LogP contribution in [-0.2, 0) is 0 Å². The molecule has 1 aromatic rings. The highest BCUT2D eigenvalue weighted by Crippen LogP contribution is 2.26. The minimum atomic E-state index is 0.566. The van der Waals surface area contributed by atoms with E-state index in [0.29, 0.717) is 17.5 Å². The van der Waals surface area contributed by atoms with Crippen molar-refractivity contribution >= 4 is 33.3 Å². The van der Waals surface area contributed by atoms with Gasteiger partial charge in [-0.05, 0) is 27.9 Å². The van der Waals surface area contributed by atoms with E-state index in [-0.39, 0.29) is 0 Å². The van der Waals surface area contributed by atoms with Gasteiger partial charge in [0.05, 0.1) is 9.50 Å². The summed E-state index contributed by atoms with van der Waals surface area (Å²) in [7, 11) is 0. The molecule has 0 saturated carbocycles. The van der Waals surface area contributed by atoms with Crippen LogP contribution in [0.15, 0.2) is 16.7 Å². The average molecular weight is 307 g/mol. The molecule has 1 heterocycles. The summed E-state index contributed by atoms with van der Waals surface area (Å²) >= 11 is 9.35. The second-order valence-electron chi connectivity index (χ2n) is 4.09. The Labute approximate surface area is 110 Å². The molecular formula is C11H17BrClN3. The molecule has 0 aliphatic rings. The van der Waals surface area contributed by atoms with E-state index in [1.807, 2.05) is 6.07 Å². The quantitative estimate of drug-likeness (QED) is 0.909. The first-order valence-electron chi connectivity index (χ1n) is 5.30. The Morgan fingerprint density at radius 2 is 2.25 bits per heavy atom. The van der Waals surface area contributed by atoms with Gasteiger partial charge in [-0.2, -0.15) is 0 Å². The van der Waals surface area contributed by atoms with Crippen LogP contribution in [0.25, 0.3) is 0 Å². The summed E-state index contributed by atoms with van der Waals surface area (Å²) in [6, 6.07) is 1.85. The summed E-state index contributed by atoms with van der Waals surface area (Å²) in [4.78, 5) is 6.51. The van der Waals surface area contributed by atoms with Gasteiger partial charge in [0, 0.05) is 25.8 Å². The lowest BCUT2D eigenvalue weighted by molar-refractivity contribution is 0.606. The Kier molecular flexibility index (Phi) is 5.52. The van der Waals surface area contributed by atoms with Crippen molar-refractivity contribution in [2.24, 2.45) is 11.7 Å². The SMILES string of the molecule is CC(C)CN(CCN)c1ncc(Cl)cc1Br. The molecule has 0 aliphatic carbocycles. The molecule has 3 nitrogen and oxygen atoms in total. The molecule has 0 aliphatic heterocycles. The van der Waals surface area contributed by atoms with E-state index in [1.165, 1.54) is 0 Å². The van der Waals surface area contributed by atoms with Crippen molar-refractivity contribution in [3.8, 4) is 0 Å². The van der Waals surface area contributed by atoms with Gasteiger partial charge in [-0.15, -0.1) is 0 Å². The lowest BCUT2D eigenvalue weighted by atomic mass is 10.2. The summed E-state index contributed by atoms with van der Waals surface area (Å²) in [5.41, 5.74) is 5.61. The molecule has 0 aromatic carbocycles. The molecule has 0 unspecified atom stereocenters. The Hall–Kier alpha value is -0.320. The fourth-order valence-electron chi connectivity index (χ4n) is 1.52. The van der Waals surface area contributed by atoms with E-state index in [4.69, 9.17) is 17.3 Å². The fourth-order valence-corrected chi connectivity index (χ4v) is 2.41. The normalized spacial score (nSPS) is 10.9. The number of pyridine rings is 1. The summed E-state index contributed by atoms with van der Waals surface area (Å²) in [5, 5.41) is 0.632. The zero-order valence-corrected chi connectivity index (χ0v) is 11.9. The average Bonchev–Trinajstić information content (AvgIpc) is 2.16. The third-order valence-electron chi connectivity index (χ3n) is 2.07. The maximum atomic E-state index is 5.87. The molecule has 2 N–H and O–H groups in total. The molecule has 1 aromatic heterocycles. The molecule has 0 amide bonds. The van der Waals surface area contributed by atoms with Gasteiger partial charge in [-0.3, -0.25) is 0 Å². The zero-order valence-electron chi connectivity index (χ0n) is 9.58. The summed E-state index contributed by atoms with van der Waals surface area (Å²) in [5.74, 6) is 1.47. The summed E-state index contributed by atoms with van der Waals surface area (Å²) in [6.45, 7) is 6.69. The van der Waals surface area contributed by atoms with Crippen molar-refractivity contribution in [3.63, 3.8) is 0 Å². The smallest absolute Gasteiger partial charge is 0.143 e. The fraction of sp³-hybridized carbons (Fsp3) is 0.545. The number of rotatable bonds is 5. The predicted octanol–water partition coefficient (Wildman–Crippen LogP) is 2.92. The number of halogens is 2. The Morgan fingerprint density at radius 3 is 2.75 bits per heavy atom. The minimum Gasteiger partial charge on any atom is -0.354 e. The van der Waals surface area contributed by atoms with Crippen LogP contribution in [0.4, 0.5) is 5.82 Å². The molecule has 0 fully saturated rings. The number of nitrogens with two attached hydrogens (primary N) is 1. The highest BCUT2D eigenvalue weighted by Gasteiger charge is 2.12. The molecule has 0 spiro atoms. The Morgan fingerprint density at radius 1 is 1.56 bits per heavy atom. The molecule has 1 rings (SSSR count). The maximum absolute atomic E-state index is 5.87. The van der Waals surface area contributed by atoms with E-state index in [2.05, 4.69) is 39.7 Å². The summed E-state index contributed by atoms with van der Waals surface area (Å²) in [6.07, 6.45) is 1.66. The number of nitrogens with zero attached hydrogens (tertiary/aromatic N) is 2. The van der Waals surface area contributed by atoms with E-state index in [1.54, 1.807) is 6.20 Å². The zero-order chi connectivity index (χ0) is 12.1. The van der Waals surface area contributed by atoms with Crippen molar-refractivity contribution < 1.29 is 0 Å². The van der Waals surface area contributed by atoms with Crippen molar-refractivity contribution in [2.75, 3.05) is 24.5 Å². The van der Waals surface area contributed by atoms with Crippen LogP contribution in [-0.4, -0.2) is 24.6 Å². The van der Waals surface area contributed by atoms with Crippen molar-refractivity contribution in [1.29, 1.82) is 0 Å². The molecule has 0 bridgehead atoms. The van der Waals surface area contributed by atoms with E-state index >= 15 is 0 Å². The third-order valence-corrected chi connectivity index (χ3v) is 2.86. The van der Waals surface area contributed by atoms with Crippen molar-refractivity contribution in [1.82, 2.24) is 4.98 Å². The Bertz CT molecular complexity index is 344. The van der Waals surface area contributed by atoms with Gasteiger partial charge in [-0.25, -0.2) is 4.98 Å². The highest BCUT2D eigenvalue weighted by atomic mass is 79.9. The maximum Gasteiger partial charge on any atom is 0.143 e. The minimum absolute atomic E-state index is 0.566. The number of anilines is 1. The standard InChI is InChI=1S/C11H17BrClN3/c1-8(2)7-16(4-3-14)11-10(12)5-9(13)6-15-11/h5-6,8H,3-4,7,14H2,1-2H3. The van der Waals surface area contributed by atoms with Crippen LogP contribution in [0.3, 0.4) is 0 Å². The van der Waals surface area contributed by atoms with Gasteiger partial charge in [0.25, 0.3) is 0 Å². The van der Waals surface area contributed by atoms with Gasteiger partial charge < -0.3 is 10.6 Å². The van der Waals surface area contributed by atoms with Crippen LogP contribution in [0.1, 0.15) is 13.8 Å². The van der Waals surface area contributed by atoms with Gasteiger partial charge in [0.2, 0.25) is 0 Å². The van der Waals surface area contributed by atoms with Crippen molar-refractivity contribution in [3.05, 3.63) is 21.8 Å². The van der Waals surface area contributed by atoms with Gasteiger partial charge in [0.1, 0.15) is 5.82 Å². The molecule has 90 valence electrons. The van der Waals surface area contributed by atoms with E-state index in [9.17, 15) is 0 Å². The second-order valence-corrected chi connectivity index (χ2v) is 5.38. The first-order chi connectivity index (χ1) is 7.54. The molecule has 0 radical (unpaired) electrons. The number of aromatic nitrogens is 1. The monoisotopic (exact) mass is 305 g/mol. The number of hydrogen-bond donors (Lipinski definition) is 1. The van der Waals surface area contributed by atoms with Gasteiger partial charge in [-0.1, -0.05) is 25.4 Å². The van der Waals surface area contributed by atoms with Crippen LogP contribution in [0.5, 0.6) is 0 Å². The van der Waals surface area contributed by atoms with Crippen LogP contribution < -0.4 is 10.6 Å². The number of hydrogen-bond acceptors (Lipinski definition) is 3. The molecule has 5 heteroatoms. The van der Waals surface area contributed by atoms with Crippen molar-refractivity contribution in [2.45, 2.75) is 13.8 Å². The van der Waals surface area contributed by atoms with Crippen LogP contribution >= 0.6 is 27.5 Å². The largest absolute Gasteiger partial charge is 0.354 e. The first kappa shape index (κ1) is 13.7. The van der Waals surface area contributed by atoms with E-state index in [0.717, 1.165) is 23.4 Å². The second kappa shape index (κ2) is 6.42.